The van der Waals surface area contributed by atoms with Gasteiger partial charge in [0.1, 0.15) is 5.75 Å². The Labute approximate surface area is 179 Å². The van der Waals surface area contributed by atoms with Gasteiger partial charge in [-0.15, -0.1) is 0 Å². The van der Waals surface area contributed by atoms with Crippen LogP contribution in [0.25, 0.3) is 0 Å². The predicted molar refractivity (Wildman–Crippen MR) is 116 cm³/mol. The minimum Gasteiger partial charge on any atom is -0.497 e. The maximum Gasteiger partial charge on any atom is 0.243 e. The third kappa shape index (κ3) is 10.8. The Kier molecular flexibility index (Phi) is 12.9. The largest absolute Gasteiger partial charge is 0.497 e. The topological polar surface area (TPSA) is 97.0 Å². The van der Waals surface area contributed by atoms with Crippen LogP contribution in [0.4, 0.5) is 5.69 Å². The van der Waals surface area contributed by atoms with Gasteiger partial charge in [-0.25, -0.2) is 0 Å². The molecule has 8 nitrogen and oxygen atoms in total. The highest BCUT2D eigenvalue weighted by Gasteiger charge is 2.17. The number of methoxy groups -OCH3 is 2. The van der Waals surface area contributed by atoms with E-state index < -0.39 is 0 Å². The summed E-state index contributed by atoms with van der Waals surface area (Å²) in [6.45, 7) is 2.58. The van der Waals surface area contributed by atoms with E-state index in [4.69, 9.17) is 9.47 Å². The first-order valence-corrected chi connectivity index (χ1v) is 10.5. The molecule has 0 saturated carbocycles. The van der Waals surface area contributed by atoms with E-state index >= 15 is 0 Å². The number of carbonyl (C=O) groups excluding carboxylic acids is 3. The van der Waals surface area contributed by atoms with Crippen LogP contribution in [0.5, 0.6) is 5.75 Å². The molecule has 0 spiro atoms. The molecule has 1 rings (SSSR count). The van der Waals surface area contributed by atoms with Gasteiger partial charge in [0.15, 0.2) is 0 Å². The number of ether oxygens (including phenoxy) is 2. The number of benzene rings is 1. The maximum absolute atomic E-state index is 12.4. The molecular weight excluding hydrogens is 386 g/mol. The molecule has 30 heavy (non-hydrogen) atoms. The van der Waals surface area contributed by atoms with E-state index in [0.29, 0.717) is 31.0 Å². The Morgan fingerprint density at radius 1 is 0.967 bits per heavy atom. The lowest BCUT2D eigenvalue weighted by molar-refractivity contribution is -0.136. The number of nitrogens with zero attached hydrogens (tertiary/aromatic N) is 1. The summed E-state index contributed by atoms with van der Waals surface area (Å²) < 4.78 is 10.1. The van der Waals surface area contributed by atoms with Crippen LogP contribution in [-0.4, -0.2) is 63.1 Å². The van der Waals surface area contributed by atoms with Crippen molar-refractivity contribution < 1.29 is 23.9 Å². The Morgan fingerprint density at radius 3 is 2.30 bits per heavy atom. The van der Waals surface area contributed by atoms with E-state index in [1.807, 2.05) is 0 Å². The molecule has 3 amide bonds. The van der Waals surface area contributed by atoms with Gasteiger partial charge >= 0.3 is 0 Å². The molecule has 0 atom stereocenters. The fourth-order valence-electron chi connectivity index (χ4n) is 2.82. The number of nitrogens with one attached hydrogen (secondary N) is 2. The molecule has 0 heterocycles. The molecule has 0 aliphatic carbocycles. The van der Waals surface area contributed by atoms with Gasteiger partial charge in [0.2, 0.25) is 17.7 Å². The summed E-state index contributed by atoms with van der Waals surface area (Å²) in [5, 5.41) is 5.25. The summed E-state index contributed by atoms with van der Waals surface area (Å²) >= 11 is 0. The van der Waals surface area contributed by atoms with Crippen LogP contribution >= 0.6 is 0 Å². The number of carbonyl (C=O) groups is 3. The molecule has 168 valence electrons. The van der Waals surface area contributed by atoms with Gasteiger partial charge in [0, 0.05) is 25.8 Å². The Morgan fingerprint density at radius 2 is 1.67 bits per heavy atom. The van der Waals surface area contributed by atoms with E-state index in [9.17, 15) is 14.4 Å². The molecule has 0 radical (unpaired) electrons. The molecule has 0 aliphatic heterocycles. The van der Waals surface area contributed by atoms with Gasteiger partial charge in [-0.05, 0) is 30.7 Å². The van der Waals surface area contributed by atoms with Crippen LogP contribution in [0.1, 0.15) is 45.4 Å². The molecule has 0 aromatic heterocycles. The first-order valence-electron chi connectivity index (χ1n) is 10.5. The molecule has 1 aromatic carbocycles. The molecule has 0 unspecified atom stereocenters. The summed E-state index contributed by atoms with van der Waals surface area (Å²) in [5.41, 5.74) is 0.607. The maximum atomic E-state index is 12.4. The molecule has 2 N–H and O–H groups in total. The number of anilines is 1. The van der Waals surface area contributed by atoms with Gasteiger partial charge in [0.05, 0.1) is 26.8 Å². The minimum atomic E-state index is -0.379. The van der Waals surface area contributed by atoms with Gasteiger partial charge in [0.25, 0.3) is 0 Å². The number of hydrogen-bond donors (Lipinski definition) is 2. The smallest absolute Gasteiger partial charge is 0.243 e. The van der Waals surface area contributed by atoms with Crippen LogP contribution in [0, 0.1) is 0 Å². The summed E-state index contributed by atoms with van der Waals surface area (Å²) in [4.78, 5) is 38.2. The van der Waals surface area contributed by atoms with Crippen LogP contribution in [-0.2, 0) is 19.1 Å². The number of unbranched alkanes of at least 4 members (excludes halogenated alkanes) is 4. The second-order valence-corrected chi connectivity index (χ2v) is 7.03. The number of rotatable bonds is 15. The molecule has 0 bridgehead atoms. The van der Waals surface area contributed by atoms with Crippen molar-refractivity contribution in [2.24, 2.45) is 0 Å². The van der Waals surface area contributed by atoms with Crippen LogP contribution in [0.3, 0.4) is 0 Å². The summed E-state index contributed by atoms with van der Waals surface area (Å²) in [6, 6.07) is 6.89. The number of amides is 3. The third-order valence-electron chi connectivity index (χ3n) is 4.57. The van der Waals surface area contributed by atoms with Crippen molar-refractivity contribution in [1.82, 2.24) is 10.2 Å². The summed E-state index contributed by atoms with van der Waals surface area (Å²) in [6.07, 6.45) is 5.68. The lowest BCUT2D eigenvalue weighted by Crippen LogP contribution is -2.44. The van der Waals surface area contributed by atoms with Crippen molar-refractivity contribution in [3.05, 3.63) is 24.3 Å². The van der Waals surface area contributed by atoms with E-state index in [1.165, 1.54) is 11.3 Å². The average Bonchev–Trinajstić information content (AvgIpc) is 2.75. The highest BCUT2D eigenvalue weighted by molar-refractivity contribution is 5.95. The Hall–Kier alpha value is -2.61. The zero-order chi connectivity index (χ0) is 22.2. The monoisotopic (exact) mass is 421 g/mol. The summed E-state index contributed by atoms with van der Waals surface area (Å²) in [7, 11) is 3.12. The first-order chi connectivity index (χ1) is 14.5. The Bertz CT molecular complexity index is 649. The predicted octanol–water partition coefficient (Wildman–Crippen LogP) is 2.59. The second-order valence-electron chi connectivity index (χ2n) is 7.03. The van der Waals surface area contributed by atoms with Crippen molar-refractivity contribution in [2.45, 2.75) is 45.4 Å². The van der Waals surface area contributed by atoms with Crippen molar-refractivity contribution in [2.75, 3.05) is 45.8 Å². The van der Waals surface area contributed by atoms with Crippen molar-refractivity contribution in [3.63, 3.8) is 0 Å². The zero-order valence-electron chi connectivity index (χ0n) is 18.4. The molecule has 0 aliphatic rings. The fourth-order valence-corrected chi connectivity index (χ4v) is 2.82. The van der Waals surface area contributed by atoms with Crippen molar-refractivity contribution in [3.8, 4) is 5.75 Å². The van der Waals surface area contributed by atoms with Crippen LogP contribution in [0.15, 0.2) is 24.3 Å². The third-order valence-corrected chi connectivity index (χ3v) is 4.57. The summed E-state index contributed by atoms with van der Waals surface area (Å²) in [5.74, 6) is -0.108. The second kappa shape index (κ2) is 15.3. The lowest BCUT2D eigenvalue weighted by Gasteiger charge is -2.22. The average molecular weight is 422 g/mol. The SMILES string of the molecule is CCCCCCCC(=O)N(CCOC)CC(=O)NCC(=O)Nc1ccc(OC)cc1. The minimum absolute atomic E-state index is 0.0682. The molecule has 1 aromatic rings. The highest BCUT2D eigenvalue weighted by Crippen LogP contribution is 2.14. The van der Waals surface area contributed by atoms with Gasteiger partial charge in [-0.2, -0.15) is 0 Å². The molecule has 0 fully saturated rings. The van der Waals surface area contributed by atoms with Crippen LogP contribution < -0.4 is 15.4 Å². The van der Waals surface area contributed by atoms with Gasteiger partial charge < -0.3 is 25.0 Å². The Balaban J connectivity index is 2.41. The highest BCUT2D eigenvalue weighted by atomic mass is 16.5. The fraction of sp³-hybridized carbons (Fsp3) is 0.591. The molecular formula is C22H35N3O5. The quantitative estimate of drug-likeness (QED) is 0.424. The first kappa shape index (κ1) is 25.4. The van der Waals surface area contributed by atoms with E-state index in [-0.39, 0.29) is 30.8 Å². The van der Waals surface area contributed by atoms with Crippen molar-refractivity contribution in [1.29, 1.82) is 0 Å². The molecule has 8 heteroatoms. The van der Waals surface area contributed by atoms with Crippen molar-refractivity contribution >= 4 is 23.4 Å². The van der Waals surface area contributed by atoms with E-state index in [1.54, 1.807) is 38.5 Å². The lowest BCUT2D eigenvalue weighted by atomic mass is 10.1. The zero-order valence-corrected chi connectivity index (χ0v) is 18.4. The van der Waals surface area contributed by atoms with Gasteiger partial charge in [-0.3, -0.25) is 14.4 Å². The van der Waals surface area contributed by atoms with E-state index in [2.05, 4.69) is 17.6 Å². The normalized spacial score (nSPS) is 10.4. The number of hydrogen-bond acceptors (Lipinski definition) is 5. The van der Waals surface area contributed by atoms with Gasteiger partial charge in [-0.1, -0.05) is 32.6 Å². The van der Waals surface area contributed by atoms with Crippen LogP contribution in [0.2, 0.25) is 0 Å². The van der Waals surface area contributed by atoms with E-state index in [0.717, 1.165) is 25.7 Å². The standard InChI is InChI=1S/C22H35N3O5/c1-4-5-6-7-8-9-22(28)25(14-15-29-2)17-21(27)23-16-20(26)24-18-10-12-19(30-3)13-11-18/h10-13H,4-9,14-17H2,1-3H3,(H,23,27)(H,24,26). The molecule has 0 saturated heterocycles.